The average molecular weight is 299 g/mol. The fourth-order valence-corrected chi connectivity index (χ4v) is 2.73. The molecule has 1 aromatic rings. The number of primary sulfonamides is 1. The fraction of sp³-hybridized carbons (Fsp3) is 0.417. The molecule has 0 aromatic heterocycles. The molecule has 0 amide bonds. The summed E-state index contributed by atoms with van der Waals surface area (Å²) >= 11 is 0. The van der Waals surface area contributed by atoms with E-state index in [0.717, 1.165) is 32.0 Å². The van der Waals surface area contributed by atoms with E-state index in [1.165, 1.54) is 12.1 Å². The maximum absolute atomic E-state index is 11.3. The van der Waals surface area contributed by atoms with E-state index in [-0.39, 0.29) is 16.5 Å². The summed E-state index contributed by atoms with van der Waals surface area (Å²) in [7, 11) is -3.91. The number of aromatic carboxylic acids is 1. The van der Waals surface area contributed by atoms with Crippen molar-refractivity contribution in [3.63, 3.8) is 0 Å². The van der Waals surface area contributed by atoms with Crippen molar-refractivity contribution < 1.29 is 18.3 Å². The lowest BCUT2D eigenvalue weighted by Crippen LogP contribution is -2.35. The quantitative estimate of drug-likeness (QED) is 0.630. The summed E-state index contributed by atoms with van der Waals surface area (Å²) in [5.74, 6) is -1.19. The minimum Gasteiger partial charge on any atom is -0.478 e. The van der Waals surface area contributed by atoms with Gasteiger partial charge in [-0.25, -0.2) is 18.4 Å². The van der Waals surface area contributed by atoms with E-state index in [4.69, 9.17) is 5.14 Å². The van der Waals surface area contributed by atoms with Gasteiger partial charge in [0.1, 0.15) is 0 Å². The number of sulfonamides is 1. The Labute approximate surface area is 117 Å². The van der Waals surface area contributed by atoms with Gasteiger partial charge in [-0.05, 0) is 44.1 Å². The molecule has 20 heavy (non-hydrogen) atoms. The number of carboxylic acids is 1. The summed E-state index contributed by atoms with van der Waals surface area (Å²) in [6.07, 6.45) is 1.77. The molecule has 1 aliphatic rings. The van der Waals surface area contributed by atoms with E-state index in [2.05, 4.69) is 10.6 Å². The Morgan fingerprint density at radius 1 is 1.35 bits per heavy atom. The third-order valence-electron chi connectivity index (χ3n) is 3.25. The number of benzene rings is 1. The van der Waals surface area contributed by atoms with Crippen LogP contribution >= 0.6 is 0 Å². The number of nitrogens with one attached hydrogen (secondary N) is 2. The van der Waals surface area contributed by atoms with Crippen LogP contribution in [0.2, 0.25) is 0 Å². The lowest BCUT2D eigenvalue weighted by Gasteiger charge is -2.25. The summed E-state index contributed by atoms with van der Waals surface area (Å²) in [6.45, 7) is 1.74. The highest BCUT2D eigenvalue weighted by atomic mass is 32.2. The van der Waals surface area contributed by atoms with Gasteiger partial charge in [0, 0.05) is 11.7 Å². The third kappa shape index (κ3) is 3.47. The number of anilines is 1. The second kappa shape index (κ2) is 5.78. The Hall–Kier alpha value is -1.64. The molecule has 0 atom stereocenters. The molecule has 5 N–H and O–H groups in total. The van der Waals surface area contributed by atoms with Gasteiger partial charge in [-0.2, -0.15) is 0 Å². The van der Waals surface area contributed by atoms with Gasteiger partial charge in [0.05, 0.1) is 10.5 Å². The summed E-state index contributed by atoms with van der Waals surface area (Å²) in [6, 6.07) is 4.02. The van der Waals surface area contributed by atoms with Gasteiger partial charge in [0.2, 0.25) is 10.0 Å². The number of piperidine rings is 1. The van der Waals surface area contributed by atoms with Crippen molar-refractivity contribution in [2.24, 2.45) is 5.14 Å². The van der Waals surface area contributed by atoms with Crippen molar-refractivity contribution in [3.8, 4) is 0 Å². The molecule has 8 heteroatoms. The molecule has 0 aliphatic carbocycles. The smallest absolute Gasteiger partial charge is 0.337 e. The Morgan fingerprint density at radius 3 is 2.55 bits per heavy atom. The van der Waals surface area contributed by atoms with Crippen LogP contribution in [0.5, 0.6) is 0 Å². The van der Waals surface area contributed by atoms with Crippen LogP contribution in [0.4, 0.5) is 5.69 Å². The number of hydrogen-bond acceptors (Lipinski definition) is 5. The fourth-order valence-electron chi connectivity index (χ4n) is 2.19. The van der Waals surface area contributed by atoms with Gasteiger partial charge < -0.3 is 15.7 Å². The second-order valence-electron chi connectivity index (χ2n) is 4.73. The van der Waals surface area contributed by atoms with Crippen LogP contribution in [0.3, 0.4) is 0 Å². The number of rotatable bonds is 4. The molecule has 1 fully saturated rings. The molecule has 1 heterocycles. The molecule has 7 nitrogen and oxygen atoms in total. The molecule has 0 unspecified atom stereocenters. The molecule has 0 spiro atoms. The molecule has 1 saturated heterocycles. The molecule has 2 rings (SSSR count). The van der Waals surface area contributed by atoms with Crippen molar-refractivity contribution in [2.45, 2.75) is 23.8 Å². The van der Waals surface area contributed by atoms with Crippen LogP contribution in [0, 0.1) is 0 Å². The van der Waals surface area contributed by atoms with E-state index in [1.54, 1.807) is 0 Å². The number of hydrogen-bond donors (Lipinski definition) is 4. The third-order valence-corrected chi connectivity index (χ3v) is 4.16. The first-order valence-electron chi connectivity index (χ1n) is 6.25. The van der Waals surface area contributed by atoms with E-state index < -0.39 is 16.0 Å². The van der Waals surface area contributed by atoms with Crippen LogP contribution in [-0.2, 0) is 10.0 Å². The lowest BCUT2D eigenvalue weighted by molar-refractivity contribution is 0.0697. The average Bonchev–Trinajstić information content (AvgIpc) is 2.38. The van der Waals surface area contributed by atoms with Gasteiger partial charge in [-0.1, -0.05) is 0 Å². The number of nitrogens with two attached hydrogens (primary N) is 1. The van der Waals surface area contributed by atoms with Crippen LogP contribution in [-0.4, -0.2) is 38.6 Å². The Kier molecular flexibility index (Phi) is 4.26. The maximum atomic E-state index is 11.3. The predicted molar refractivity (Wildman–Crippen MR) is 74.3 cm³/mol. The van der Waals surface area contributed by atoms with Gasteiger partial charge in [-0.15, -0.1) is 0 Å². The first-order chi connectivity index (χ1) is 9.38. The number of carboxylic acid groups (broad SMARTS) is 1. The van der Waals surface area contributed by atoms with Crippen LogP contribution < -0.4 is 15.8 Å². The zero-order chi connectivity index (χ0) is 14.8. The minimum absolute atomic E-state index is 0.0879. The normalized spacial score (nSPS) is 16.9. The largest absolute Gasteiger partial charge is 0.478 e. The first-order valence-corrected chi connectivity index (χ1v) is 7.80. The van der Waals surface area contributed by atoms with Crippen LogP contribution in [0.15, 0.2) is 23.1 Å². The van der Waals surface area contributed by atoms with Crippen molar-refractivity contribution in [1.82, 2.24) is 5.32 Å². The van der Waals surface area contributed by atoms with E-state index >= 15 is 0 Å². The molecule has 1 aromatic carbocycles. The summed E-state index contributed by atoms with van der Waals surface area (Å²) < 4.78 is 22.5. The topological polar surface area (TPSA) is 122 Å². The van der Waals surface area contributed by atoms with E-state index in [1.807, 2.05) is 0 Å². The van der Waals surface area contributed by atoms with Crippen molar-refractivity contribution in [2.75, 3.05) is 18.4 Å². The van der Waals surface area contributed by atoms with Gasteiger partial charge >= 0.3 is 5.97 Å². The van der Waals surface area contributed by atoms with Crippen molar-refractivity contribution in [3.05, 3.63) is 23.8 Å². The molecule has 0 bridgehead atoms. The highest BCUT2D eigenvalue weighted by Gasteiger charge is 2.19. The van der Waals surface area contributed by atoms with Crippen LogP contribution in [0.25, 0.3) is 0 Å². The highest BCUT2D eigenvalue weighted by Crippen LogP contribution is 2.22. The van der Waals surface area contributed by atoms with Crippen LogP contribution in [0.1, 0.15) is 23.2 Å². The van der Waals surface area contributed by atoms with Gasteiger partial charge in [-0.3, -0.25) is 0 Å². The Morgan fingerprint density at radius 2 is 2.00 bits per heavy atom. The second-order valence-corrected chi connectivity index (χ2v) is 6.29. The zero-order valence-electron chi connectivity index (χ0n) is 10.8. The zero-order valence-corrected chi connectivity index (χ0v) is 11.6. The predicted octanol–water partition coefficient (Wildman–Crippen LogP) is 0.196. The van der Waals surface area contributed by atoms with Gasteiger partial charge in [0.15, 0.2) is 0 Å². The summed E-state index contributed by atoms with van der Waals surface area (Å²) in [4.78, 5) is 11.1. The van der Waals surface area contributed by atoms with E-state index in [9.17, 15) is 18.3 Å². The van der Waals surface area contributed by atoms with Crippen molar-refractivity contribution in [1.29, 1.82) is 0 Å². The summed E-state index contributed by atoms with van der Waals surface area (Å²) in [5, 5.41) is 20.6. The SMILES string of the molecule is NS(=O)(=O)c1ccc(NC2CCNCC2)c(C(=O)O)c1. The standard InChI is InChI=1S/C12H17N3O4S/c13-20(18,19)9-1-2-11(10(7-9)12(16)17)15-8-3-5-14-6-4-8/h1-2,7-8,14-15H,3-6H2,(H,16,17)(H2,13,18,19). The summed E-state index contributed by atoms with van der Waals surface area (Å²) in [5.41, 5.74) is 0.326. The highest BCUT2D eigenvalue weighted by molar-refractivity contribution is 7.89. The molecule has 110 valence electrons. The first kappa shape index (κ1) is 14.8. The Balaban J connectivity index is 2.30. The molecule has 0 radical (unpaired) electrons. The monoisotopic (exact) mass is 299 g/mol. The molecular formula is C12H17N3O4S. The minimum atomic E-state index is -3.91. The lowest BCUT2D eigenvalue weighted by atomic mass is 10.1. The van der Waals surface area contributed by atoms with Crippen molar-refractivity contribution >= 4 is 21.7 Å². The number of carbonyl (C=O) groups is 1. The molecule has 1 aliphatic heterocycles. The molecular weight excluding hydrogens is 282 g/mol. The maximum Gasteiger partial charge on any atom is 0.337 e. The Bertz CT molecular complexity index is 609. The van der Waals surface area contributed by atoms with E-state index in [0.29, 0.717) is 5.69 Å². The molecule has 0 saturated carbocycles. The van der Waals surface area contributed by atoms with Gasteiger partial charge in [0.25, 0.3) is 0 Å².